The van der Waals surface area contributed by atoms with Gasteiger partial charge in [-0.2, -0.15) is 5.10 Å². The van der Waals surface area contributed by atoms with Gasteiger partial charge in [0, 0.05) is 30.0 Å². The monoisotopic (exact) mass is 354 g/mol. The Balaban J connectivity index is 2.32. The molecule has 0 aliphatic heterocycles. The van der Waals surface area contributed by atoms with Gasteiger partial charge in [0.1, 0.15) is 0 Å². The van der Waals surface area contributed by atoms with Gasteiger partial charge in [0.05, 0.1) is 16.8 Å². The number of primary amides is 1. The van der Waals surface area contributed by atoms with E-state index in [0.717, 1.165) is 32.8 Å². The smallest absolute Gasteiger partial charge is 0.259 e. The number of aromatic nitrogens is 2. The highest BCUT2D eigenvalue weighted by atomic mass is 32.1. The lowest BCUT2D eigenvalue weighted by atomic mass is 9.86. The molecule has 4 N–H and O–H groups in total. The van der Waals surface area contributed by atoms with Gasteiger partial charge < -0.3 is 11.5 Å². The number of thiophene rings is 1. The van der Waals surface area contributed by atoms with Crippen molar-refractivity contribution in [3.05, 3.63) is 63.0 Å². The van der Waals surface area contributed by atoms with Crippen LogP contribution in [-0.2, 0) is 7.05 Å². The van der Waals surface area contributed by atoms with Crippen molar-refractivity contribution < 1.29 is 4.79 Å². The van der Waals surface area contributed by atoms with Crippen molar-refractivity contribution in [3.63, 3.8) is 0 Å². The highest BCUT2D eigenvalue weighted by Crippen LogP contribution is 2.43. The first-order chi connectivity index (χ1) is 12.0. The molecule has 0 aliphatic carbocycles. The second kappa shape index (κ2) is 6.82. The molecule has 5 nitrogen and oxygen atoms in total. The van der Waals surface area contributed by atoms with Gasteiger partial charge in [0.25, 0.3) is 5.91 Å². The normalized spacial score (nSPS) is 12.3. The van der Waals surface area contributed by atoms with E-state index in [1.54, 1.807) is 0 Å². The highest BCUT2D eigenvalue weighted by Gasteiger charge is 2.29. The van der Waals surface area contributed by atoms with E-state index in [9.17, 15) is 4.79 Å². The topological polar surface area (TPSA) is 86.9 Å². The summed E-state index contributed by atoms with van der Waals surface area (Å²) in [6.07, 6.45) is 1.83. The zero-order valence-electron chi connectivity index (χ0n) is 14.6. The van der Waals surface area contributed by atoms with Crippen LogP contribution < -0.4 is 11.5 Å². The van der Waals surface area contributed by atoms with E-state index in [-0.39, 0.29) is 5.92 Å². The molecule has 0 spiro atoms. The molecule has 2 aromatic heterocycles. The Morgan fingerprint density at radius 1 is 1.28 bits per heavy atom. The van der Waals surface area contributed by atoms with E-state index < -0.39 is 5.91 Å². The molecular formula is C19H22N4OS. The average Bonchev–Trinajstić information content (AvgIpc) is 3.09. The molecule has 6 heteroatoms. The van der Waals surface area contributed by atoms with Crippen molar-refractivity contribution in [2.75, 3.05) is 6.54 Å². The Labute approximate surface area is 151 Å². The number of nitrogens with zero attached hydrogens (tertiary/aromatic N) is 2. The molecule has 2 heterocycles. The number of aryl methyl sites for hydroxylation is 3. The molecule has 0 saturated heterocycles. The van der Waals surface area contributed by atoms with Crippen LogP contribution in [0, 0.1) is 13.8 Å². The summed E-state index contributed by atoms with van der Waals surface area (Å²) in [5, 5.41) is 4.36. The summed E-state index contributed by atoms with van der Waals surface area (Å²) in [6, 6.07) is 10.0. The van der Waals surface area contributed by atoms with Crippen LogP contribution in [0.2, 0.25) is 0 Å². The Hall–Kier alpha value is -2.44. The fraction of sp³-hybridized carbons (Fsp3) is 0.263. The molecule has 1 aromatic carbocycles. The lowest BCUT2D eigenvalue weighted by Crippen LogP contribution is -2.19. The number of rotatable bonds is 5. The third-order valence-electron chi connectivity index (χ3n) is 4.49. The van der Waals surface area contributed by atoms with Gasteiger partial charge in [-0.15, -0.1) is 11.3 Å². The van der Waals surface area contributed by atoms with Gasteiger partial charge in [-0.25, -0.2) is 0 Å². The molecule has 1 amide bonds. The number of benzene rings is 1. The van der Waals surface area contributed by atoms with Crippen LogP contribution in [0.3, 0.4) is 0 Å². The summed E-state index contributed by atoms with van der Waals surface area (Å²) in [4.78, 5) is 13.8. The fourth-order valence-corrected chi connectivity index (χ4v) is 4.45. The molecule has 3 rings (SSSR count). The van der Waals surface area contributed by atoms with Crippen molar-refractivity contribution in [1.82, 2.24) is 9.78 Å². The zero-order chi connectivity index (χ0) is 18.1. The lowest BCUT2D eigenvalue weighted by Gasteiger charge is -2.19. The molecule has 1 atom stereocenters. The molecule has 3 aromatic rings. The quantitative estimate of drug-likeness (QED) is 0.738. The predicted octanol–water partition coefficient (Wildman–Crippen LogP) is 2.95. The third kappa shape index (κ3) is 2.99. The SMILES string of the molecule is Cc1cnn(C)c1-c1c(C)sc(C(N)=O)c1[C@@H](CN)c1ccccc1. The number of amides is 1. The molecule has 0 bridgehead atoms. The Morgan fingerprint density at radius 3 is 2.48 bits per heavy atom. The van der Waals surface area contributed by atoms with Crippen LogP contribution in [0.4, 0.5) is 0 Å². The third-order valence-corrected chi connectivity index (χ3v) is 5.63. The molecular weight excluding hydrogens is 332 g/mol. The highest BCUT2D eigenvalue weighted by molar-refractivity contribution is 7.14. The number of hydrogen-bond donors (Lipinski definition) is 2. The maximum Gasteiger partial charge on any atom is 0.259 e. The van der Waals surface area contributed by atoms with Crippen LogP contribution in [0.15, 0.2) is 36.5 Å². The predicted molar refractivity (Wildman–Crippen MR) is 102 cm³/mol. The summed E-state index contributed by atoms with van der Waals surface area (Å²) in [5.41, 5.74) is 16.9. The van der Waals surface area contributed by atoms with Gasteiger partial charge in [-0.3, -0.25) is 9.48 Å². The van der Waals surface area contributed by atoms with E-state index in [1.165, 1.54) is 11.3 Å². The first kappa shape index (κ1) is 17.4. The molecule has 0 saturated carbocycles. The van der Waals surface area contributed by atoms with Crippen molar-refractivity contribution in [2.24, 2.45) is 18.5 Å². The van der Waals surface area contributed by atoms with Gasteiger partial charge >= 0.3 is 0 Å². The molecule has 0 aliphatic rings. The summed E-state index contributed by atoms with van der Waals surface area (Å²) in [5.74, 6) is -0.512. The first-order valence-corrected chi connectivity index (χ1v) is 8.94. The summed E-state index contributed by atoms with van der Waals surface area (Å²) >= 11 is 1.43. The zero-order valence-corrected chi connectivity index (χ0v) is 15.4. The molecule has 0 radical (unpaired) electrons. The molecule has 0 fully saturated rings. The molecule has 130 valence electrons. The second-order valence-corrected chi connectivity index (χ2v) is 7.36. The van der Waals surface area contributed by atoms with Gasteiger partial charge in [0.2, 0.25) is 0 Å². The standard InChI is InChI=1S/C19H22N4OS/c1-11-10-22-23(3)17(11)15-12(2)25-18(19(21)24)16(15)14(9-20)13-7-5-4-6-8-13/h4-8,10,14H,9,20H2,1-3H3,(H2,21,24)/t14-/m0/s1. The molecule has 0 unspecified atom stereocenters. The minimum Gasteiger partial charge on any atom is -0.365 e. The molecule has 25 heavy (non-hydrogen) atoms. The largest absolute Gasteiger partial charge is 0.365 e. The lowest BCUT2D eigenvalue weighted by molar-refractivity contribution is 0.100. The average molecular weight is 354 g/mol. The fourth-order valence-electron chi connectivity index (χ4n) is 3.38. The van der Waals surface area contributed by atoms with Crippen LogP contribution >= 0.6 is 11.3 Å². The van der Waals surface area contributed by atoms with Crippen LogP contribution in [0.25, 0.3) is 11.3 Å². The van der Waals surface area contributed by atoms with Gasteiger partial charge in [-0.1, -0.05) is 30.3 Å². The summed E-state index contributed by atoms with van der Waals surface area (Å²) in [6.45, 7) is 4.43. The number of carbonyl (C=O) groups excluding carboxylic acids is 1. The van der Waals surface area contributed by atoms with Crippen molar-refractivity contribution in [3.8, 4) is 11.3 Å². The van der Waals surface area contributed by atoms with Crippen LogP contribution in [0.5, 0.6) is 0 Å². The first-order valence-electron chi connectivity index (χ1n) is 8.12. The minimum absolute atomic E-state index is 0.0991. The summed E-state index contributed by atoms with van der Waals surface area (Å²) < 4.78 is 1.84. The maximum absolute atomic E-state index is 12.1. The number of nitrogens with two attached hydrogens (primary N) is 2. The minimum atomic E-state index is -0.413. The van der Waals surface area contributed by atoms with E-state index >= 15 is 0 Å². The maximum atomic E-state index is 12.1. The van der Waals surface area contributed by atoms with E-state index in [4.69, 9.17) is 11.5 Å². The second-order valence-electron chi connectivity index (χ2n) is 6.14. The van der Waals surface area contributed by atoms with Gasteiger partial charge in [0.15, 0.2) is 0 Å². The Kier molecular flexibility index (Phi) is 4.74. The van der Waals surface area contributed by atoms with E-state index in [1.807, 2.05) is 62.1 Å². The van der Waals surface area contributed by atoms with E-state index in [0.29, 0.717) is 11.4 Å². The van der Waals surface area contributed by atoms with Crippen molar-refractivity contribution >= 4 is 17.2 Å². The number of hydrogen-bond acceptors (Lipinski definition) is 4. The number of carbonyl (C=O) groups is 1. The van der Waals surface area contributed by atoms with Gasteiger partial charge in [-0.05, 0) is 30.5 Å². The summed E-state index contributed by atoms with van der Waals surface area (Å²) in [7, 11) is 1.91. The Bertz CT molecular complexity index is 892. The van der Waals surface area contributed by atoms with Crippen molar-refractivity contribution in [1.29, 1.82) is 0 Å². The van der Waals surface area contributed by atoms with Crippen LogP contribution in [-0.4, -0.2) is 22.2 Å². The van der Waals surface area contributed by atoms with E-state index in [2.05, 4.69) is 5.10 Å². The Morgan fingerprint density at radius 2 is 1.96 bits per heavy atom. The van der Waals surface area contributed by atoms with Crippen LogP contribution in [0.1, 0.15) is 37.2 Å². The van der Waals surface area contributed by atoms with Crippen molar-refractivity contribution in [2.45, 2.75) is 19.8 Å².